The molecule has 0 bridgehead atoms. The molecule has 1 aromatic rings. The summed E-state index contributed by atoms with van der Waals surface area (Å²) >= 11 is 0. The van der Waals surface area contributed by atoms with Gasteiger partial charge in [0.25, 0.3) is 0 Å². The molecule has 0 fully saturated rings. The molecule has 2 atom stereocenters. The van der Waals surface area contributed by atoms with Crippen molar-refractivity contribution < 1.29 is 14.2 Å². The Morgan fingerprint density at radius 1 is 1.17 bits per heavy atom. The highest BCUT2D eigenvalue weighted by molar-refractivity contribution is 5.43. The SMILES string of the molecule is COc1ccc(CC(C)N)cc1OCC(C)OC. The summed E-state index contributed by atoms with van der Waals surface area (Å²) in [6.07, 6.45) is 0.868. The fourth-order valence-electron chi connectivity index (χ4n) is 1.61. The summed E-state index contributed by atoms with van der Waals surface area (Å²) in [6.45, 7) is 4.44. The standard InChI is InChI=1S/C14H23NO3/c1-10(15)7-12-5-6-13(17-4)14(8-12)18-9-11(2)16-3/h5-6,8,10-11H,7,9,15H2,1-4H3. The fraction of sp³-hybridized carbons (Fsp3) is 0.571. The number of nitrogens with two attached hydrogens (primary N) is 1. The summed E-state index contributed by atoms with van der Waals surface area (Å²) in [5.41, 5.74) is 6.94. The fourth-order valence-corrected chi connectivity index (χ4v) is 1.61. The van der Waals surface area contributed by atoms with E-state index in [1.807, 2.05) is 32.0 Å². The minimum Gasteiger partial charge on any atom is -0.493 e. The van der Waals surface area contributed by atoms with Crippen molar-refractivity contribution in [2.24, 2.45) is 5.73 Å². The van der Waals surface area contributed by atoms with Crippen LogP contribution in [-0.4, -0.2) is 33.0 Å². The number of hydrogen-bond donors (Lipinski definition) is 1. The van der Waals surface area contributed by atoms with E-state index in [1.54, 1.807) is 14.2 Å². The van der Waals surface area contributed by atoms with Crippen molar-refractivity contribution in [1.82, 2.24) is 0 Å². The first kappa shape index (κ1) is 14.8. The Labute approximate surface area is 109 Å². The van der Waals surface area contributed by atoms with Gasteiger partial charge in [0.05, 0.1) is 13.2 Å². The molecule has 0 saturated carbocycles. The van der Waals surface area contributed by atoms with Gasteiger partial charge in [0.15, 0.2) is 11.5 Å². The van der Waals surface area contributed by atoms with Crippen LogP contribution in [0.1, 0.15) is 19.4 Å². The lowest BCUT2D eigenvalue weighted by Gasteiger charge is -2.15. The summed E-state index contributed by atoms with van der Waals surface area (Å²) in [5.74, 6) is 1.46. The number of rotatable bonds is 7. The van der Waals surface area contributed by atoms with Crippen molar-refractivity contribution in [1.29, 1.82) is 0 Å². The highest BCUT2D eigenvalue weighted by atomic mass is 16.5. The maximum atomic E-state index is 5.80. The molecule has 0 spiro atoms. The van der Waals surface area contributed by atoms with Gasteiger partial charge in [-0.05, 0) is 38.0 Å². The monoisotopic (exact) mass is 253 g/mol. The van der Waals surface area contributed by atoms with Crippen LogP contribution in [0.4, 0.5) is 0 Å². The smallest absolute Gasteiger partial charge is 0.161 e. The Morgan fingerprint density at radius 3 is 2.44 bits per heavy atom. The van der Waals surface area contributed by atoms with Crippen LogP contribution in [0.3, 0.4) is 0 Å². The van der Waals surface area contributed by atoms with E-state index >= 15 is 0 Å². The molecular formula is C14H23NO3. The molecule has 0 aliphatic carbocycles. The molecule has 2 unspecified atom stereocenters. The molecule has 0 aromatic heterocycles. The average Bonchev–Trinajstić information content (AvgIpc) is 2.35. The Bertz CT molecular complexity index is 366. The zero-order chi connectivity index (χ0) is 13.5. The molecule has 0 amide bonds. The third-order valence-corrected chi connectivity index (χ3v) is 2.66. The molecule has 0 aliphatic rings. The van der Waals surface area contributed by atoms with Crippen molar-refractivity contribution in [3.05, 3.63) is 23.8 Å². The average molecular weight is 253 g/mol. The van der Waals surface area contributed by atoms with Crippen LogP contribution in [0.25, 0.3) is 0 Å². The predicted octanol–water partition coefficient (Wildman–Crippen LogP) is 2.00. The molecule has 4 nitrogen and oxygen atoms in total. The van der Waals surface area contributed by atoms with Crippen LogP contribution >= 0.6 is 0 Å². The van der Waals surface area contributed by atoms with E-state index in [0.717, 1.165) is 23.5 Å². The van der Waals surface area contributed by atoms with Crippen LogP contribution in [0.15, 0.2) is 18.2 Å². The molecule has 0 saturated heterocycles. The maximum absolute atomic E-state index is 5.80. The first-order chi connectivity index (χ1) is 8.56. The van der Waals surface area contributed by atoms with Gasteiger partial charge in [0.1, 0.15) is 6.61 Å². The van der Waals surface area contributed by atoms with E-state index in [0.29, 0.717) is 6.61 Å². The lowest BCUT2D eigenvalue weighted by molar-refractivity contribution is 0.0705. The minimum atomic E-state index is 0.0480. The summed E-state index contributed by atoms with van der Waals surface area (Å²) in [5, 5.41) is 0. The summed E-state index contributed by atoms with van der Waals surface area (Å²) in [4.78, 5) is 0. The van der Waals surface area contributed by atoms with E-state index in [4.69, 9.17) is 19.9 Å². The zero-order valence-corrected chi connectivity index (χ0v) is 11.6. The van der Waals surface area contributed by atoms with Crippen molar-refractivity contribution in [2.45, 2.75) is 32.4 Å². The van der Waals surface area contributed by atoms with Crippen LogP contribution in [0.2, 0.25) is 0 Å². The first-order valence-electron chi connectivity index (χ1n) is 6.15. The number of ether oxygens (including phenoxy) is 3. The summed E-state index contributed by atoms with van der Waals surface area (Å²) in [7, 11) is 3.30. The van der Waals surface area contributed by atoms with Gasteiger partial charge in [0.2, 0.25) is 0 Å². The maximum Gasteiger partial charge on any atom is 0.161 e. The van der Waals surface area contributed by atoms with Gasteiger partial charge < -0.3 is 19.9 Å². The Kier molecular flexibility index (Phi) is 5.95. The van der Waals surface area contributed by atoms with Gasteiger partial charge in [-0.15, -0.1) is 0 Å². The van der Waals surface area contributed by atoms with Crippen LogP contribution in [0, 0.1) is 0 Å². The van der Waals surface area contributed by atoms with Crippen molar-refractivity contribution in [2.75, 3.05) is 20.8 Å². The molecule has 1 aromatic carbocycles. The van der Waals surface area contributed by atoms with Crippen LogP contribution in [-0.2, 0) is 11.2 Å². The second-order valence-corrected chi connectivity index (χ2v) is 4.52. The topological polar surface area (TPSA) is 53.7 Å². The van der Waals surface area contributed by atoms with Crippen molar-refractivity contribution >= 4 is 0 Å². The lowest BCUT2D eigenvalue weighted by atomic mass is 10.1. The lowest BCUT2D eigenvalue weighted by Crippen LogP contribution is -2.18. The molecule has 2 N–H and O–H groups in total. The highest BCUT2D eigenvalue weighted by Gasteiger charge is 2.09. The van der Waals surface area contributed by atoms with Gasteiger partial charge >= 0.3 is 0 Å². The van der Waals surface area contributed by atoms with Gasteiger partial charge in [0, 0.05) is 13.2 Å². The Balaban J connectivity index is 2.78. The van der Waals surface area contributed by atoms with E-state index in [1.165, 1.54) is 0 Å². The highest BCUT2D eigenvalue weighted by Crippen LogP contribution is 2.28. The molecule has 4 heteroatoms. The quantitative estimate of drug-likeness (QED) is 0.807. The van der Waals surface area contributed by atoms with Gasteiger partial charge in [-0.3, -0.25) is 0 Å². The summed E-state index contributed by atoms with van der Waals surface area (Å²) in [6, 6.07) is 6.02. The van der Waals surface area contributed by atoms with Gasteiger partial charge in [-0.1, -0.05) is 6.07 Å². The molecule has 102 valence electrons. The van der Waals surface area contributed by atoms with Gasteiger partial charge in [-0.25, -0.2) is 0 Å². The number of methoxy groups -OCH3 is 2. The minimum absolute atomic E-state index is 0.0480. The largest absolute Gasteiger partial charge is 0.493 e. The summed E-state index contributed by atoms with van der Waals surface area (Å²) < 4.78 is 16.1. The van der Waals surface area contributed by atoms with Gasteiger partial charge in [-0.2, -0.15) is 0 Å². The van der Waals surface area contributed by atoms with Crippen molar-refractivity contribution in [3.63, 3.8) is 0 Å². The second-order valence-electron chi connectivity index (χ2n) is 4.52. The van der Waals surface area contributed by atoms with E-state index < -0.39 is 0 Å². The number of benzene rings is 1. The molecular weight excluding hydrogens is 230 g/mol. The van der Waals surface area contributed by atoms with Crippen LogP contribution in [0.5, 0.6) is 11.5 Å². The Hall–Kier alpha value is -1.26. The molecule has 18 heavy (non-hydrogen) atoms. The van der Waals surface area contributed by atoms with E-state index in [9.17, 15) is 0 Å². The van der Waals surface area contributed by atoms with E-state index in [2.05, 4.69) is 0 Å². The van der Waals surface area contributed by atoms with Crippen LogP contribution < -0.4 is 15.2 Å². The zero-order valence-electron chi connectivity index (χ0n) is 11.6. The Morgan fingerprint density at radius 2 is 1.89 bits per heavy atom. The van der Waals surface area contributed by atoms with Crippen molar-refractivity contribution in [3.8, 4) is 11.5 Å². The van der Waals surface area contributed by atoms with E-state index in [-0.39, 0.29) is 12.1 Å². The third kappa shape index (κ3) is 4.55. The second kappa shape index (κ2) is 7.24. The molecule has 0 aliphatic heterocycles. The normalized spacial score (nSPS) is 14.1. The number of hydrogen-bond acceptors (Lipinski definition) is 4. The molecule has 1 rings (SSSR count). The third-order valence-electron chi connectivity index (χ3n) is 2.66. The predicted molar refractivity (Wildman–Crippen MR) is 72.3 cm³/mol. The first-order valence-corrected chi connectivity index (χ1v) is 6.15. The molecule has 0 heterocycles. The molecule has 0 radical (unpaired) electrons.